The second-order valence-electron chi connectivity index (χ2n) is 12.0. The minimum absolute atomic E-state index is 0.540. The molecule has 0 radical (unpaired) electrons. The Bertz CT molecular complexity index is 1200. The van der Waals surface area contributed by atoms with Crippen molar-refractivity contribution in [3.05, 3.63) is 70.9 Å². The Morgan fingerprint density at radius 3 is 2.38 bits per heavy atom. The van der Waals surface area contributed by atoms with Crippen LogP contribution in [0.4, 0.5) is 5.95 Å². The van der Waals surface area contributed by atoms with E-state index in [1.165, 1.54) is 54.4 Å². The van der Waals surface area contributed by atoms with Crippen LogP contribution >= 0.6 is 11.9 Å². The molecular formula is C32H42N4S. The lowest BCUT2D eigenvalue weighted by Gasteiger charge is -2.39. The van der Waals surface area contributed by atoms with E-state index >= 15 is 0 Å². The number of nitrogens with one attached hydrogen (secondary N) is 2. The van der Waals surface area contributed by atoms with Crippen molar-refractivity contribution in [1.82, 2.24) is 15.3 Å². The van der Waals surface area contributed by atoms with Gasteiger partial charge in [0.15, 0.2) is 0 Å². The first kappa shape index (κ1) is 26.2. The molecule has 2 fully saturated rings. The quantitative estimate of drug-likeness (QED) is 0.253. The van der Waals surface area contributed by atoms with Crippen molar-refractivity contribution in [2.45, 2.75) is 96.5 Å². The molecule has 0 amide bonds. The van der Waals surface area contributed by atoms with E-state index in [4.69, 9.17) is 9.97 Å². The molecule has 0 bridgehead atoms. The predicted molar refractivity (Wildman–Crippen MR) is 157 cm³/mol. The number of anilines is 1. The Hall–Kier alpha value is -2.37. The monoisotopic (exact) mass is 514 g/mol. The molecule has 5 rings (SSSR count). The highest BCUT2D eigenvalue weighted by Crippen LogP contribution is 2.60. The van der Waals surface area contributed by atoms with E-state index < -0.39 is 0 Å². The maximum Gasteiger partial charge on any atom is 0.233 e. The number of aryl methyl sites for hydroxylation is 4. The number of nitrogens with zero attached hydrogens (tertiary/aromatic N) is 2. The number of rotatable bonds is 11. The van der Waals surface area contributed by atoms with Crippen LogP contribution in [0.15, 0.2) is 53.4 Å². The second-order valence-corrected chi connectivity index (χ2v) is 12.9. The molecule has 2 N–H and O–H groups in total. The van der Waals surface area contributed by atoms with E-state index in [0.29, 0.717) is 23.9 Å². The van der Waals surface area contributed by atoms with Crippen molar-refractivity contribution >= 4 is 17.9 Å². The van der Waals surface area contributed by atoms with Crippen LogP contribution in [0.25, 0.3) is 11.3 Å². The standard InChI is InChI=1S/C32H42N4S/c1-21(2)16-25(33-27-19-32(20-27)14-15-32)12-13-26-18-29(30-23(4)9-7-10-24(30)5)35-31(34-26)36-37-28-11-6-8-22(3)17-28/h6-11,17-18,21,25,27,33H,12-16,19-20H2,1-5H3,(H,34,35,36). The highest BCUT2D eigenvalue weighted by Gasteiger charge is 2.52. The normalized spacial score (nSPS) is 17.1. The van der Waals surface area contributed by atoms with Gasteiger partial charge in [0, 0.05) is 28.2 Å². The zero-order valence-electron chi connectivity index (χ0n) is 23.1. The summed E-state index contributed by atoms with van der Waals surface area (Å²) >= 11 is 1.58. The largest absolute Gasteiger partial charge is 0.311 e. The summed E-state index contributed by atoms with van der Waals surface area (Å²) in [7, 11) is 0. The van der Waals surface area contributed by atoms with E-state index in [9.17, 15) is 0 Å². The minimum Gasteiger partial charge on any atom is -0.311 e. The molecule has 3 aromatic rings. The number of hydrogen-bond donors (Lipinski definition) is 2. The van der Waals surface area contributed by atoms with Crippen molar-refractivity contribution in [2.75, 3.05) is 4.72 Å². The average molecular weight is 515 g/mol. The Labute approximate surface area is 227 Å². The molecule has 1 heterocycles. The van der Waals surface area contributed by atoms with Gasteiger partial charge in [-0.2, -0.15) is 0 Å². The van der Waals surface area contributed by atoms with Crippen LogP contribution in [0.5, 0.6) is 0 Å². The lowest BCUT2D eigenvalue weighted by atomic mass is 9.76. The van der Waals surface area contributed by atoms with Gasteiger partial charge in [0.05, 0.1) is 5.69 Å². The van der Waals surface area contributed by atoms with Crippen LogP contribution in [-0.2, 0) is 6.42 Å². The highest BCUT2D eigenvalue weighted by atomic mass is 32.2. The van der Waals surface area contributed by atoms with Crippen molar-refractivity contribution in [3.8, 4) is 11.3 Å². The first-order valence-electron chi connectivity index (χ1n) is 14.0. The van der Waals surface area contributed by atoms with Crippen LogP contribution in [0.2, 0.25) is 0 Å². The number of aromatic nitrogens is 2. The number of benzene rings is 2. The Morgan fingerprint density at radius 2 is 1.70 bits per heavy atom. The van der Waals surface area contributed by atoms with Gasteiger partial charge >= 0.3 is 0 Å². The fraction of sp³-hybridized carbons (Fsp3) is 0.500. The molecule has 1 unspecified atom stereocenters. The smallest absolute Gasteiger partial charge is 0.233 e. The molecule has 2 aromatic carbocycles. The van der Waals surface area contributed by atoms with Crippen molar-refractivity contribution in [2.24, 2.45) is 11.3 Å². The summed E-state index contributed by atoms with van der Waals surface area (Å²) in [5.41, 5.74) is 7.83. The van der Waals surface area contributed by atoms with Crippen molar-refractivity contribution in [3.63, 3.8) is 0 Å². The maximum absolute atomic E-state index is 4.98. The molecule has 0 aliphatic heterocycles. The van der Waals surface area contributed by atoms with E-state index in [-0.39, 0.29) is 0 Å². The summed E-state index contributed by atoms with van der Waals surface area (Å²) < 4.78 is 3.44. The third-order valence-corrected chi connectivity index (χ3v) is 8.83. The van der Waals surface area contributed by atoms with Gasteiger partial charge in [0.2, 0.25) is 5.95 Å². The fourth-order valence-corrected chi connectivity index (χ4v) is 6.68. The number of hydrogen-bond acceptors (Lipinski definition) is 5. The summed E-state index contributed by atoms with van der Waals surface area (Å²) in [6.45, 7) is 11.1. The van der Waals surface area contributed by atoms with Gasteiger partial charge in [-0.05, 0) is 124 Å². The van der Waals surface area contributed by atoms with Gasteiger partial charge in [-0.15, -0.1) is 0 Å². The summed E-state index contributed by atoms with van der Waals surface area (Å²) in [6.07, 6.45) is 8.96. The van der Waals surface area contributed by atoms with Crippen LogP contribution in [0, 0.1) is 32.1 Å². The average Bonchev–Trinajstić information content (AvgIpc) is 3.62. The molecule has 5 heteroatoms. The molecule has 196 valence electrons. The van der Waals surface area contributed by atoms with Crippen molar-refractivity contribution < 1.29 is 0 Å². The summed E-state index contributed by atoms with van der Waals surface area (Å²) in [4.78, 5) is 11.1. The molecule has 0 saturated heterocycles. The third kappa shape index (κ3) is 6.74. The lowest BCUT2D eigenvalue weighted by molar-refractivity contribution is 0.174. The molecule has 1 atom stereocenters. The summed E-state index contributed by atoms with van der Waals surface area (Å²) in [5.74, 6) is 1.37. The van der Waals surface area contributed by atoms with Crippen LogP contribution in [0.3, 0.4) is 0 Å². The second kappa shape index (κ2) is 11.2. The van der Waals surface area contributed by atoms with E-state index in [2.05, 4.69) is 93.2 Å². The van der Waals surface area contributed by atoms with Crippen LogP contribution in [-0.4, -0.2) is 22.1 Å². The van der Waals surface area contributed by atoms with Crippen LogP contribution < -0.4 is 10.0 Å². The molecule has 2 aliphatic carbocycles. The third-order valence-electron chi connectivity index (χ3n) is 8.06. The van der Waals surface area contributed by atoms with E-state index in [1.54, 1.807) is 11.9 Å². The Balaban J connectivity index is 1.35. The zero-order valence-corrected chi connectivity index (χ0v) is 23.9. The SMILES string of the molecule is Cc1cccc(SNc2nc(CCC(CC(C)C)NC3CC4(CC4)C3)cc(-c3c(C)cccc3C)n2)c1. The van der Waals surface area contributed by atoms with Gasteiger partial charge in [0.25, 0.3) is 0 Å². The first-order chi connectivity index (χ1) is 17.8. The fourth-order valence-electron chi connectivity index (χ4n) is 5.98. The van der Waals surface area contributed by atoms with Crippen LogP contribution in [0.1, 0.15) is 74.8 Å². The molecule has 4 nitrogen and oxygen atoms in total. The topological polar surface area (TPSA) is 49.8 Å². The molecule has 1 aromatic heterocycles. The van der Waals surface area contributed by atoms with E-state index in [0.717, 1.165) is 34.5 Å². The predicted octanol–water partition coefficient (Wildman–Crippen LogP) is 8.07. The van der Waals surface area contributed by atoms with Gasteiger partial charge in [0.1, 0.15) is 0 Å². The van der Waals surface area contributed by atoms with Gasteiger partial charge < -0.3 is 5.32 Å². The van der Waals surface area contributed by atoms with E-state index in [1.807, 2.05) is 0 Å². The minimum atomic E-state index is 0.540. The van der Waals surface area contributed by atoms with Gasteiger partial charge in [-0.3, -0.25) is 4.72 Å². The van der Waals surface area contributed by atoms with Gasteiger partial charge in [-0.25, -0.2) is 9.97 Å². The molecule has 2 saturated carbocycles. The summed E-state index contributed by atoms with van der Waals surface area (Å²) in [6, 6.07) is 18.5. The van der Waals surface area contributed by atoms with Crippen molar-refractivity contribution in [1.29, 1.82) is 0 Å². The molecule has 37 heavy (non-hydrogen) atoms. The highest BCUT2D eigenvalue weighted by molar-refractivity contribution is 8.00. The Morgan fingerprint density at radius 1 is 0.973 bits per heavy atom. The molecular weight excluding hydrogens is 472 g/mol. The van der Waals surface area contributed by atoms with Gasteiger partial charge in [-0.1, -0.05) is 44.2 Å². The maximum atomic E-state index is 4.98. The Kier molecular flexibility index (Phi) is 7.92. The molecule has 2 aliphatic rings. The zero-order chi connectivity index (χ0) is 26.0. The lowest BCUT2D eigenvalue weighted by Crippen LogP contribution is -2.47. The first-order valence-corrected chi connectivity index (χ1v) is 14.8. The summed E-state index contributed by atoms with van der Waals surface area (Å²) in [5, 5.41) is 4.02. The molecule has 1 spiro atoms.